The van der Waals surface area contributed by atoms with E-state index >= 15 is 0 Å². The number of aromatic nitrogens is 2. The highest BCUT2D eigenvalue weighted by molar-refractivity contribution is 5.87. The van der Waals surface area contributed by atoms with Crippen molar-refractivity contribution in [3.63, 3.8) is 0 Å². The first-order chi connectivity index (χ1) is 12.0. The fourth-order valence-corrected chi connectivity index (χ4v) is 2.92. The van der Waals surface area contributed by atoms with Gasteiger partial charge in [-0.1, -0.05) is 30.3 Å². The smallest absolute Gasteiger partial charge is 0.358 e. The molecule has 0 radical (unpaired) electrons. The van der Waals surface area contributed by atoms with E-state index in [1.807, 2.05) is 49.1 Å². The number of hydrogen-bond acceptors (Lipinski definition) is 4. The number of amides is 1. The van der Waals surface area contributed by atoms with E-state index in [4.69, 9.17) is 4.74 Å². The van der Waals surface area contributed by atoms with Gasteiger partial charge in [-0.25, -0.2) is 4.79 Å². The molecule has 3 rings (SSSR count). The molecule has 0 bridgehead atoms. The van der Waals surface area contributed by atoms with Crippen LogP contribution >= 0.6 is 0 Å². The molecule has 1 saturated heterocycles. The molecule has 1 aromatic heterocycles. The molecule has 2 aromatic rings. The van der Waals surface area contributed by atoms with Gasteiger partial charge in [0.1, 0.15) is 0 Å². The number of carbonyl (C=O) groups excluding carboxylic acids is 2. The van der Waals surface area contributed by atoms with Gasteiger partial charge >= 0.3 is 5.97 Å². The molecular formula is C19H23N3O3. The normalized spacial score (nSPS) is 17.3. The third-order valence-corrected chi connectivity index (χ3v) is 4.31. The Balaban J connectivity index is 1.50. The molecule has 6 heteroatoms. The van der Waals surface area contributed by atoms with Gasteiger partial charge in [-0.3, -0.25) is 9.48 Å². The predicted molar refractivity (Wildman–Crippen MR) is 92.9 cm³/mol. The maximum Gasteiger partial charge on any atom is 0.358 e. The van der Waals surface area contributed by atoms with Crippen molar-refractivity contribution in [1.82, 2.24) is 14.7 Å². The van der Waals surface area contributed by atoms with E-state index in [9.17, 15) is 9.59 Å². The van der Waals surface area contributed by atoms with Crippen molar-refractivity contribution in [3.8, 4) is 0 Å². The molecule has 1 atom stereocenters. The van der Waals surface area contributed by atoms with Crippen LogP contribution in [0.15, 0.2) is 42.6 Å². The van der Waals surface area contributed by atoms with Crippen LogP contribution in [0.5, 0.6) is 0 Å². The summed E-state index contributed by atoms with van der Waals surface area (Å²) in [5, 5.41) is 4.21. The van der Waals surface area contributed by atoms with Crippen molar-refractivity contribution in [2.75, 3.05) is 13.2 Å². The van der Waals surface area contributed by atoms with Crippen LogP contribution in [0.3, 0.4) is 0 Å². The molecule has 0 saturated carbocycles. The number of nitrogens with zero attached hydrogens (tertiary/aromatic N) is 3. The Hall–Kier alpha value is -2.63. The first-order valence-electron chi connectivity index (χ1n) is 8.57. The highest BCUT2D eigenvalue weighted by Gasteiger charge is 2.30. The molecule has 1 aromatic carbocycles. The molecule has 25 heavy (non-hydrogen) atoms. The summed E-state index contributed by atoms with van der Waals surface area (Å²) in [5.74, 6) is -0.297. The first-order valence-corrected chi connectivity index (χ1v) is 8.57. The minimum absolute atomic E-state index is 0.0346. The number of hydrogen-bond donors (Lipinski definition) is 0. The van der Waals surface area contributed by atoms with Gasteiger partial charge in [-0.2, -0.15) is 5.10 Å². The van der Waals surface area contributed by atoms with Crippen LogP contribution in [-0.4, -0.2) is 39.7 Å². The molecule has 1 aliphatic heterocycles. The Morgan fingerprint density at radius 3 is 2.72 bits per heavy atom. The average molecular weight is 341 g/mol. The van der Waals surface area contributed by atoms with Gasteiger partial charge in [0.2, 0.25) is 5.91 Å². The zero-order valence-corrected chi connectivity index (χ0v) is 14.6. The lowest BCUT2D eigenvalue weighted by atomic mass is 10.1. The van der Waals surface area contributed by atoms with E-state index < -0.39 is 5.97 Å². The highest BCUT2D eigenvalue weighted by Crippen LogP contribution is 2.21. The molecule has 0 unspecified atom stereocenters. The summed E-state index contributed by atoms with van der Waals surface area (Å²) in [6.07, 6.45) is 2.18. The van der Waals surface area contributed by atoms with Gasteiger partial charge in [0.05, 0.1) is 6.61 Å². The lowest BCUT2D eigenvalue weighted by molar-refractivity contribution is -0.128. The summed E-state index contributed by atoms with van der Waals surface area (Å²) < 4.78 is 7.08. The maximum atomic E-state index is 12.2. The van der Waals surface area contributed by atoms with Crippen molar-refractivity contribution >= 4 is 11.9 Å². The van der Waals surface area contributed by atoms with Gasteiger partial charge in [0.25, 0.3) is 0 Å². The van der Waals surface area contributed by atoms with E-state index in [2.05, 4.69) is 5.10 Å². The number of rotatable bonds is 6. The Labute approximate surface area is 147 Å². The number of carbonyl (C=O) groups is 2. The SMILES string of the molecule is CC(C)n1ccc(C(=O)OC[C@@H]2CC(=O)N(Cc3ccccc3)C2)n1. The van der Waals surface area contributed by atoms with E-state index in [-0.39, 0.29) is 24.5 Å². The van der Waals surface area contributed by atoms with Crippen LogP contribution < -0.4 is 0 Å². The fraction of sp³-hybridized carbons (Fsp3) is 0.421. The topological polar surface area (TPSA) is 64.4 Å². The molecule has 2 heterocycles. The molecule has 0 spiro atoms. The average Bonchev–Trinajstić information content (AvgIpc) is 3.21. The Kier molecular flexibility index (Phi) is 5.16. The third-order valence-electron chi connectivity index (χ3n) is 4.31. The van der Waals surface area contributed by atoms with Crippen LogP contribution in [0, 0.1) is 5.92 Å². The maximum absolute atomic E-state index is 12.2. The van der Waals surface area contributed by atoms with Gasteiger partial charge in [-0.05, 0) is 25.5 Å². The van der Waals surface area contributed by atoms with Crippen molar-refractivity contribution in [2.24, 2.45) is 5.92 Å². The zero-order valence-electron chi connectivity index (χ0n) is 14.6. The summed E-state index contributed by atoms with van der Waals surface area (Å²) in [5.41, 5.74) is 1.41. The third kappa shape index (κ3) is 4.26. The Morgan fingerprint density at radius 2 is 2.04 bits per heavy atom. The molecule has 132 valence electrons. The van der Waals surface area contributed by atoms with Crippen molar-refractivity contribution < 1.29 is 14.3 Å². The summed E-state index contributed by atoms with van der Waals surface area (Å²) in [7, 11) is 0. The largest absolute Gasteiger partial charge is 0.461 e. The molecule has 0 N–H and O–H groups in total. The van der Waals surface area contributed by atoms with E-state index in [1.165, 1.54) is 0 Å². The summed E-state index contributed by atoms with van der Waals surface area (Å²) >= 11 is 0. The van der Waals surface area contributed by atoms with E-state index in [0.29, 0.717) is 25.2 Å². The van der Waals surface area contributed by atoms with Gasteiger partial charge in [0.15, 0.2) is 5.69 Å². The van der Waals surface area contributed by atoms with Crippen molar-refractivity contribution in [2.45, 2.75) is 32.9 Å². The monoisotopic (exact) mass is 341 g/mol. The summed E-state index contributed by atoms with van der Waals surface area (Å²) in [6.45, 7) is 5.44. The second-order valence-electron chi connectivity index (χ2n) is 6.70. The van der Waals surface area contributed by atoms with Crippen LogP contribution in [0.4, 0.5) is 0 Å². The van der Waals surface area contributed by atoms with Crippen molar-refractivity contribution in [1.29, 1.82) is 0 Å². The molecule has 1 fully saturated rings. The second kappa shape index (κ2) is 7.51. The van der Waals surface area contributed by atoms with Crippen LogP contribution in [-0.2, 0) is 16.1 Å². The quantitative estimate of drug-likeness (QED) is 0.758. The van der Waals surface area contributed by atoms with Gasteiger partial charge in [-0.15, -0.1) is 0 Å². The Bertz CT molecular complexity index is 739. The number of esters is 1. The minimum atomic E-state index is -0.437. The minimum Gasteiger partial charge on any atom is -0.461 e. The molecule has 1 amide bonds. The van der Waals surface area contributed by atoms with Crippen LogP contribution in [0.1, 0.15) is 42.4 Å². The zero-order chi connectivity index (χ0) is 17.8. The van der Waals surface area contributed by atoms with Crippen molar-refractivity contribution in [3.05, 3.63) is 53.9 Å². The summed E-state index contributed by atoms with van der Waals surface area (Å²) in [4.78, 5) is 26.1. The number of benzene rings is 1. The molecular weight excluding hydrogens is 318 g/mol. The molecule has 1 aliphatic rings. The van der Waals surface area contributed by atoms with Crippen LogP contribution in [0.25, 0.3) is 0 Å². The number of likely N-dealkylation sites (tertiary alicyclic amines) is 1. The van der Waals surface area contributed by atoms with Gasteiger partial charge in [0, 0.05) is 37.7 Å². The molecule has 0 aliphatic carbocycles. The highest BCUT2D eigenvalue weighted by atomic mass is 16.5. The van der Waals surface area contributed by atoms with E-state index in [1.54, 1.807) is 16.9 Å². The lowest BCUT2D eigenvalue weighted by Crippen LogP contribution is -2.25. The number of ether oxygens (including phenoxy) is 1. The lowest BCUT2D eigenvalue weighted by Gasteiger charge is -2.16. The van der Waals surface area contributed by atoms with Crippen LogP contribution in [0.2, 0.25) is 0 Å². The predicted octanol–water partition coefficient (Wildman–Crippen LogP) is 2.67. The van der Waals surface area contributed by atoms with Gasteiger partial charge < -0.3 is 9.64 Å². The standard InChI is InChI=1S/C19H23N3O3/c1-14(2)22-9-8-17(20-22)19(24)25-13-16-10-18(23)21(12-16)11-15-6-4-3-5-7-15/h3-9,14,16H,10-13H2,1-2H3/t16-/m1/s1. The second-order valence-corrected chi connectivity index (χ2v) is 6.70. The molecule has 6 nitrogen and oxygen atoms in total. The fourth-order valence-electron chi connectivity index (χ4n) is 2.92. The Morgan fingerprint density at radius 1 is 1.28 bits per heavy atom. The summed E-state index contributed by atoms with van der Waals surface area (Å²) in [6, 6.07) is 11.7. The van der Waals surface area contributed by atoms with E-state index in [0.717, 1.165) is 5.56 Å². The first kappa shape index (κ1) is 17.2.